The summed E-state index contributed by atoms with van der Waals surface area (Å²) < 4.78 is 6.27. The summed E-state index contributed by atoms with van der Waals surface area (Å²) in [6.45, 7) is 5.97. The second-order valence-corrected chi connectivity index (χ2v) is 8.88. The largest absolute Gasteiger partial charge is 0.373 e. The highest BCUT2D eigenvalue weighted by atomic mass is 32.2. The van der Waals surface area contributed by atoms with Crippen LogP contribution in [0.5, 0.6) is 0 Å². The highest BCUT2D eigenvalue weighted by Gasteiger charge is 2.39. The minimum Gasteiger partial charge on any atom is -0.373 e. The highest BCUT2D eigenvalue weighted by molar-refractivity contribution is 8.03. The fourth-order valence-electron chi connectivity index (χ4n) is 4.44. The maximum absolute atomic E-state index is 6.27. The molecule has 0 aromatic heterocycles. The number of hydrogen-bond donors (Lipinski definition) is 4. The van der Waals surface area contributed by atoms with Gasteiger partial charge in [-0.3, -0.25) is 21.3 Å². The van der Waals surface area contributed by atoms with E-state index in [1.165, 1.54) is 37.0 Å². The number of hydrogen-bond acceptors (Lipinski definition) is 7. The molecule has 25 heavy (non-hydrogen) atoms. The monoisotopic (exact) mass is 367 g/mol. The lowest BCUT2D eigenvalue weighted by Gasteiger charge is -2.43. The lowest BCUT2D eigenvalue weighted by Crippen LogP contribution is -2.68. The third kappa shape index (κ3) is 4.34. The van der Waals surface area contributed by atoms with E-state index in [9.17, 15) is 0 Å². The third-order valence-electron chi connectivity index (χ3n) is 5.97. The van der Waals surface area contributed by atoms with E-state index < -0.39 is 0 Å². The summed E-state index contributed by atoms with van der Waals surface area (Å²) in [4.78, 5) is 3.86. The summed E-state index contributed by atoms with van der Waals surface area (Å²) in [5, 5.41) is 14.2. The van der Waals surface area contributed by atoms with E-state index >= 15 is 0 Å². The van der Waals surface area contributed by atoms with Gasteiger partial charge in [-0.15, -0.1) is 11.8 Å². The van der Waals surface area contributed by atoms with Gasteiger partial charge in [-0.05, 0) is 25.7 Å². The molecule has 4 N–H and O–H groups in total. The number of thioether (sulfide) groups is 1. The van der Waals surface area contributed by atoms with Crippen LogP contribution in [0.2, 0.25) is 0 Å². The molecule has 3 heterocycles. The molecular formula is C18H33N5OS. The Morgan fingerprint density at radius 3 is 2.80 bits per heavy atom. The minimum atomic E-state index is 0.210. The molecule has 4 atom stereocenters. The number of nitrogens with one attached hydrogen (secondary N) is 4. The van der Waals surface area contributed by atoms with Crippen LogP contribution in [0, 0.1) is 5.92 Å². The van der Waals surface area contributed by atoms with Crippen molar-refractivity contribution in [3.05, 3.63) is 11.1 Å². The van der Waals surface area contributed by atoms with E-state index in [0.717, 1.165) is 38.2 Å². The van der Waals surface area contributed by atoms with Crippen LogP contribution in [-0.4, -0.2) is 61.6 Å². The van der Waals surface area contributed by atoms with Gasteiger partial charge in [-0.1, -0.05) is 19.3 Å². The lowest BCUT2D eigenvalue weighted by molar-refractivity contribution is 0.0522. The summed E-state index contributed by atoms with van der Waals surface area (Å²) in [6, 6.07) is 0.396. The normalized spacial score (nSPS) is 35.3. The highest BCUT2D eigenvalue weighted by Crippen LogP contribution is 2.30. The molecule has 3 fully saturated rings. The molecule has 2 saturated heterocycles. The Labute approximate surface area is 155 Å². The first-order chi connectivity index (χ1) is 12.3. The van der Waals surface area contributed by atoms with E-state index in [1.54, 1.807) is 0 Å². The van der Waals surface area contributed by atoms with Crippen molar-refractivity contribution in [3.8, 4) is 0 Å². The smallest absolute Gasteiger partial charge is 0.0986 e. The molecule has 1 saturated carbocycles. The first-order valence-corrected chi connectivity index (χ1v) is 11.0. The van der Waals surface area contributed by atoms with Crippen LogP contribution < -0.4 is 21.3 Å². The maximum Gasteiger partial charge on any atom is 0.0986 e. The average molecular weight is 368 g/mol. The molecule has 6 nitrogen and oxygen atoms in total. The molecular weight excluding hydrogens is 334 g/mol. The van der Waals surface area contributed by atoms with Crippen molar-refractivity contribution in [2.24, 2.45) is 5.92 Å². The van der Waals surface area contributed by atoms with Crippen LogP contribution in [0.1, 0.15) is 39.0 Å². The van der Waals surface area contributed by atoms with Gasteiger partial charge in [0.25, 0.3) is 0 Å². The van der Waals surface area contributed by atoms with Gasteiger partial charge < -0.3 is 9.64 Å². The van der Waals surface area contributed by atoms with Crippen LogP contribution in [-0.2, 0) is 4.74 Å². The maximum atomic E-state index is 6.27. The van der Waals surface area contributed by atoms with E-state index in [1.807, 2.05) is 11.8 Å². The second-order valence-electron chi connectivity index (χ2n) is 7.72. The number of nitrogens with zero attached hydrogens (tertiary/aromatic N) is 1. The van der Waals surface area contributed by atoms with Crippen molar-refractivity contribution in [2.75, 3.05) is 32.2 Å². The molecule has 0 bridgehead atoms. The molecule has 4 unspecified atom stereocenters. The Morgan fingerprint density at radius 2 is 1.96 bits per heavy atom. The van der Waals surface area contributed by atoms with E-state index in [4.69, 9.17) is 4.74 Å². The SMILES string of the molecule is CC(OCC1CCCCC1)C1=CN(C2NCNC3NCNC32)CCS1. The topological polar surface area (TPSA) is 60.6 Å². The van der Waals surface area contributed by atoms with Crippen molar-refractivity contribution in [3.63, 3.8) is 0 Å². The molecule has 0 radical (unpaired) electrons. The fourth-order valence-corrected chi connectivity index (χ4v) is 5.49. The van der Waals surface area contributed by atoms with E-state index in [-0.39, 0.29) is 6.10 Å². The Bertz CT molecular complexity index is 470. The van der Waals surface area contributed by atoms with Crippen molar-refractivity contribution in [1.82, 2.24) is 26.2 Å². The van der Waals surface area contributed by atoms with Gasteiger partial charge in [0.15, 0.2) is 0 Å². The molecule has 4 aliphatic rings. The molecule has 142 valence electrons. The number of fused-ring (bicyclic) bond motifs is 1. The van der Waals surface area contributed by atoms with Crippen LogP contribution in [0.25, 0.3) is 0 Å². The lowest BCUT2D eigenvalue weighted by atomic mass is 9.90. The van der Waals surface area contributed by atoms with Gasteiger partial charge in [0.1, 0.15) is 0 Å². The van der Waals surface area contributed by atoms with Gasteiger partial charge in [-0.25, -0.2) is 0 Å². The molecule has 3 aliphatic heterocycles. The molecule has 7 heteroatoms. The second kappa shape index (κ2) is 8.59. The number of rotatable bonds is 5. The van der Waals surface area contributed by atoms with Crippen molar-refractivity contribution < 1.29 is 4.74 Å². The summed E-state index contributed by atoms with van der Waals surface area (Å²) >= 11 is 1.97. The Morgan fingerprint density at radius 1 is 1.16 bits per heavy atom. The van der Waals surface area contributed by atoms with Crippen LogP contribution in [0.4, 0.5) is 0 Å². The van der Waals surface area contributed by atoms with Gasteiger partial charge in [0.05, 0.1) is 31.1 Å². The summed E-state index contributed by atoms with van der Waals surface area (Å²) in [6.07, 6.45) is 10.1. The predicted octanol–water partition coefficient (Wildman–Crippen LogP) is 1.18. The summed E-state index contributed by atoms with van der Waals surface area (Å²) in [7, 11) is 0. The van der Waals surface area contributed by atoms with Crippen molar-refractivity contribution in [1.29, 1.82) is 0 Å². The molecule has 0 aromatic rings. The van der Waals surface area contributed by atoms with Crippen LogP contribution >= 0.6 is 11.8 Å². The van der Waals surface area contributed by atoms with Gasteiger partial charge in [-0.2, -0.15) is 0 Å². The minimum absolute atomic E-state index is 0.210. The summed E-state index contributed by atoms with van der Waals surface area (Å²) in [5.74, 6) is 1.92. The van der Waals surface area contributed by atoms with Crippen LogP contribution in [0.15, 0.2) is 11.1 Å². The fraction of sp³-hybridized carbons (Fsp3) is 0.889. The Hall–Kier alpha value is -0.310. The molecule has 0 spiro atoms. The number of ether oxygens (including phenoxy) is 1. The summed E-state index contributed by atoms with van der Waals surface area (Å²) in [5.41, 5.74) is 0. The molecule has 1 aliphatic carbocycles. The van der Waals surface area contributed by atoms with Crippen LogP contribution in [0.3, 0.4) is 0 Å². The van der Waals surface area contributed by atoms with Gasteiger partial charge >= 0.3 is 0 Å². The van der Waals surface area contributed by atoms with Crippen molar-refractivity contribution >= 4 is 11.8 Å². The zero-order valence-corrected chi connectivity index (χ0v) is 16.1. The van der Waals surface area contributed by atoms with Gasteiger partial charge in [0, 0.05) is 36.7 Å². The average Bonchev–Trinajstić information content (AvgIpc) is 3.16. The molecule has 0 amide bonds. The predicted molar refractivity (Wildman–Crippen MR) is 103 cm³/mol. The quantitative estimate of drug-likeness (QED) is 0.582. The van der Waals surface area contributed by atoms with E-state index in [2.05, 4.69) is 39.3 Å². The zero-order chi connectivity index (χ0) is 17.1. The molecule has 4 rings (SSSR count). The standard InChI is InChI=1S/C18H33N5OS/c1-13(24-10-14-5-3-2-4-6-14)15-9-23(7-8-25-15)18-16-17(20-11-19-16)21-12-22-18/h9,13-14,16-22H,2-8,10-12H2,1H3. The first-order valence-electron chi connectivity index (χ1n) is 9.96. The molecule has 0 aromatic carbocycles. The Balaban J connectivity index is 1.34. The van der Waals surface area contributed by atoms with Crippen molar-refractivity contribution in [2.45, 2.75) is 63.5 Å². The zero-order valence-electron chi connectivity index (χ0n) is 15.3. The van der Waals surface area contributed by atoms with E-state index in [0.29, 0.717) is 18.4 Å². The van der Waals surface area contributed by atoms with Gasteiger partial charge in [0.2, 0.25) is 0 Å². The third-order valence-corrected chi connectivity index (χ3v) is 7.13. The first kappa shape index (κ1) is 18.1. The Kier molecular flexibility index (Phi) is 6.21.